The lowest BCUT2D eigenvalue weighted by Gasteiger charge is -2.55. The lowest BCUT2D eigenvalue weighted by Crippen LogP contribution is -2.58. The quantitative estimate of drug-likeness (QED) is 0.323. The molecule has 37 heavy (non-hydrogen) atoms. The zero-order chi connectivity index (χ0) is 25.8. The zero-order valence-electron chi connectivity index (χ0n) is 21.2. The van der Waals surface area contributed by atoms with E-state index < -0.39 is 5.54 Å². The number of nitrogens with one attached hydrogen (secondary N) is 1. The Kier molecular flexibility index (Phi) is 5.89. The molecule has 190 valence electrons. The predicted octanol–water partition coefficient (Wildman–Crippen LogP) is 6.89. The van der Waals surface area contributed by atoms with Gasteiger partial charge in [-0.3, -0.25) is 9.69 Å². The van der Waals surface area contributed by atoms with Gasteiger partial charge in [-0.25, -0.2) is 4.39 Å². The van der Waals surface area contributed by atoms with Crippen molar-refractivity contribution in [3.63, 3.8) is 0 Å². The number of nitrogens with zero attached hydrogens (tertiary/aromatic N) is 2. The third-order valence-corrected chi connectivity index (χ3v) is 9.06. The van der Waals surface area contributed by atoms with Crippen LogP contribution in [0.5, 0.6) is 0 Å². The molecule has 1 spiro atoms. The number of hydrogen-bond acceptors (Lipinski definition) is 2. The fourth-order valence-corrected chi connectivity index (χ4v) is 7.06. The van der Waals surface area contributed by atoms with Crippen LogP contribution >= 0.6 is 11.6 Å². The van der Waals surface area contributed by atoms with Crippen LogP contribution in [0.25, 0.3) is 10.9 Å². The predicted molar refractivity (Wildman–Crippen MR) is 146 cm³/mol. The van der Waals surface area contributed by atoms with Crippen molar-refractivity contribution in [3.05, 3.63) is 106 Å². The van der Waals surface area contributed by atoms with Crippen molar-refractivity contribution in [2.75, 3.05) is 20.6 Å². The second-order valence-electron chi connectivity index (χ2n) is 10.7. The summed E-state index contributed by atoms with van der Waals surface area (Å²) in [5.41, 5.74) is 4.41. The van der Waals surface area contributed by atoms with Gasteiger partial charge >= 0.3 is 0 Å². The van der Waals surface area contributed by atoms with Gasteiger partial charge in [0.1, 0.15) is 5.82 Å². The van der Waals surface area contributed by atoms with Gasteiger partial charge in [0.25, 0.3) is 5.91 Å². The highest BCUT2D eigenvalue weighted by Gasteiger charge is 2.53. The Morgan fingerprint density at radius 3 is 2.46 bits per heavy atom. The average molecular weight is 516 g/mol. The highest BCUT2D eigenvalue weighted by molar-refractivity contribution is 6.31. The molecule has 0 radical (unpaired) electrons. The molecular weight excluding hydrogens is 485 g/mol. The van der Waals surface area contributed by atoms with Crippen LogP contribution in [0.4, 0.5) is 4.39 Å². The normalized spacial score (nSPS) is 23.5. The van der Waals surface area contributed by atoms with Gasteiger partial charge in [0, 0.05) is 39.3 Å². The first-order valence-corrected chi connectivity index (χ1v) is 13.3. The maximum absolute atomic E-state index is 14.3. The Balaban J connectivity index is 1.47. The van der Waals surface area contributed by atoms with Crippen LogP contribution in [-0.4, -0.2) is 41.3 Å². The smallest absolute Gasteiger partial charge is 0.254 e. The molecule has 0 saturated heterocycles. The van der Waals surface area contributed by atoms with Crippen LogP contribution in [0.1, 0.15) is 52.9 Å². The van der Waals surface area contributed by atoms with Crippen molar-refractivity contribution in [1.82, 2.24) is 14.8 Å². The summed E-state index contributed by atoms with van der Waals surface area (Å²) in [6.45, 7) is 0.648. The standard InChI is InChI=1S/C31H31ClFN3O/c1-35(2)30(22-8-6-10-24(33)20-22)14-16-31(17-15-30)28-26(25-11-3-4-12-27(25)34-28)13-18-36(31)29(37)21-7-5-9-23(32)19-21/h3-12,19-20,34H,13-18H2,1-2H3. The molecule has 1 N–H and O–H groups in total. The zero-order valence-corrected chi connectivity index (χ0v) is 22.0. The Bertz CT molecular complexity index is 1480. The largest absolute Gasteiger partial charge is 0.356 e. The third kappa shape index (κ3) is 3.79. The fraction of sp³-hybridized carbons (Fsp3) is 0.323. The lowest BCUT2D eigenvalue weighted by atomic mass is 9.65. The number of carbonyl (C=O) groups excluding carboxylic acids is 1. The third-order valence-electron chi connectivity index (χ3n) is 8.82. The van der Waals surface area contributed by atoms with Gasteiger partial charge in [-0.1, -0.05) is 48.0 Å². The topological polar surface area (TPSA) is 39.3 Å². The molecule has 6 rings (SSSR count). The molecule has 6 heteroatoms. The first-order chi connectivity index (χ1) is 17.8. The first kappa shape index (κ1) is 24.2. The van der Waals surface area contributed by atoms with E-state index in [4.69, 9.17) is 11.6 Å². The van der Waals surface area contributed by atoms with Crippen molar-refractivity contribution in [3.8, 4) is 0 Å². The van der Waals surface area contributed by atoms with Gasteiger partial charge in [0.05, 0.1) is 5.54 Å². The molecule has 0 unspecified atom stereocenters. The molecule has 1 fully saturated rings. The minimum Gasteiger partial charge on any atom is -0.356 e. The number of rotatable bonds is 3. The summed E-state index contributed by atoms with van der Waals surface area (Å²) in [4.78, 5) is 22.1. The molecule has 1 saturated carbocycles. The van der Waals surface area contributed by atoms with Gasteiger partial charge in [-0.15, -0.1) is 0 Å². The summed E-state index contributed by atoms with van der Waals surface area (Å²) < 4.78 is 14.3. The van der Waals surface area contributed by atoms with E-state index in [1.165, 1.54) is 17.0 Å². The number of hydrogen-bond donors (Lipinski definition) is 1. The highest BCUT2D eigenvalue weighted by atomic mass is 35.5. The van der Waals surface area contributed by atoms with Crippen LogP contribution < -0.4 is 0 Å². The molecule has 1 aliphatic carbocycles. The van der Waals surface area contributed by atoms with E-state index in [0.717, 1.165) is 48.9 Å². The first-order valence-electron chi connectivity index (χ1n) is 13.0. The Labute approximate surface area is 222 Å². The maximum Gasteiger partial charge on any atom is 0.254 e. The molecule has 1 aliphatic heterocycles. The van der Waals surface area contributed by atoms with E-state index in [-0.39, 0.29) is 17.3 Å². The van der Waals surface area contributed by atoms with E-state index in [1.807, 2.05) is 24.3 Å². The van der Waals surface area contributed by atoms with Crippen molar-refractivity contribution in [2.24, 2.45) is 0 Å². The minimum atomic E-state index is -0.473. The molecule has 1 amide bonds. The lowest BCUT2D eigenvalue weighted by molar-refractivity contribution is -0.0142. The number of para-hydroxylation sites is 1. The molecule has 4 aromatic rings. The van der Waals surface area contributed by atoms with E-state index >= 15 is 0 Å². The summed E-state index contributed by atoms with van der Waals surface area (Å²) in [6.07, 6.45) is 3.95. The van der Waals surface area contributed by atoms with Crippen LogP contribution in [0.3, 0.4) is 0 Å². The minimum absolute atomic E-state index is 0.00918. The van der Waals surface area contributed by atoms with Crippen molar-refractivity contribution in [2.45, 2.75) is 43.2 Å². The van der Waals surface area contributed by atoms with Gasteiger partial charge in [-0.2, -0.15) is 0 Å². The number of H-pyrrole nitrogens is 1. The Hall–Kier alpha value is -3.15. The number of aromatic nitrogens is 1. The number of amides is 1. The summed E-state index contributed by atoms with van der Waals surface area (Å²) in [7, 11) is 4.15. The highest BCUT2D eigenvalue weighted by Crippen LogP contribution is 2.54. The van der Waals surface area contributed by atoms with E-state index in [2.05, 4.69) is 47.1 Å². The molecule has 3 aromatic carbocycles. The number of carbonyl (C=O) groups is 1. The molecule has 4 nitrogen and oxygen atoms in total. The van der Waals surface area contributed by atoms with Crippen molar-refractivity contribution < 1.29 is 9.18 Å². The summed E-state index contributed by atoms with van der Waals surface area (Å²) in [5.74, 6) is -0.206. The SMILES string of the molecule is CN(C)C1(c2cccc(F)c2)CCC2(CC1)c1[nH]c3ccccc3c1CCN2C(=O)c1cccc(Cl)c1. The average Bonchev–Trinajstić information content (AvgIpc) is 3.29. The van der Waals surface area contributed by atoms with Crippen LogP contribution in [0, 0.1) is 5.82 Å². The summed E-state index contributed by atoms with van der Waals surface area (Å²) in [6, 6.07) is 22.7. The number of aromatic amines is 1. The molecular formula is C31H31ClFN3O. The molecule has 2 heterocycles. The Morgan fingerprint density at radius 1 is 0.973 bits per heavy atom. The monoisotopic (exact) mass is 515 g/mol. The molecule has 0 atom stereocenters. The second kappa shape index (κ2) is 9.00. The maximum atomic E-state index is 14.3. The molecule has 0 bridgehead atoms. The molecule has 1 aromatic heterocycles. The summed E-state index contributed by atoms with van der Waals surface area (Å²) >= 11 is 6.28. The van der Waals surface area contributed by atoms with Gasteiger partial charge in [-0.05, 0) is 93.7 Å². The van der Waals surface area contributed by atoms with Crippen LogP contribution in [0.15, 0.2) is 72.8 Å². The van der Waals surface area contributed by atoms with Gasteiger partial charge in [0.15, 0.2) is 0 Å². The van der Waals surface area contributed by atoms with Gasteiger partial charge in [0.2, 0.25) is 0 Å². The van der Waals surface area contributed by atoms with Crippen molar-refractivity contribution in [1.29, 1.82) is 0 Å². The van der Waals surface area contributed by atoms with E-state index in [9.17, 15) is 9.18 Å². The number of benzene rings is 3. The number of halogens is 2. The number of fused-ring (bicyclic) bond motifs is 4. The fourth-order valence-electron chi connectivity index (χ4n) is 6.87. The van der Waals surface area contributed by atoms with Crippen LogP contribution in [-0.2, 0) is 17.5 Å². The van der Waals surface area contributed by atoms with Crippen molar-refractivity contribution >= 4 is 28.4 Å². The summed E-state index contributed by atoms with van der Waals surface area (Å²) in [5, 5.41) is 1.80. The Morgan fingerprint density at radius 2 is 1.73 bits per heavy atom. The van der Waals surface area contributed by atoms with Gasteiger partial charge < -0.3 is 9.88 Å². The van der Waals surface area contributed by atoms with Crippen LogP contribution in [0.2, 0.25) is 5.02 Å². The van der Waals surface area contributed by atoms with E-state index in [0.29, 0.717) is 17.1 Å². The second-order valence-corrected chi connectivity index (χ2v) is 11.1. The van der Waals surface area contributed by atoms with E-state index in [1.54, 1.807) is 24.3 Å². The molecule has 2 aliphatic rings.